The first-order valence-corrected chi connectivity index (χ1v) is 3.71. The highest BCUT2D eigenvalue weighted by Crippen LogP contribution is 2.57. The number of ether oxygens (including phenoxy) is 2. The molecular formula is C8H7NO2. The van der Waals surface area contributed by atoms with Gasteiger partial charge in [-0.1, -0.05) is 0 Å². The van der Waals surface area contributed by atoms with E-state index in [1.807, 2.05) is 13.0 Å². The van der Waals surface area contributed by atoms with Crippen molar-refractivity contribution in [2.24, 2.45) is 0 Å². The van der Waals surface area contributed by atoms with E-state index in [2.05, 4.69) is 4.85 Å². The molecule has 3 rings (SSSR count). The van der Waals surface area contributed by atoms with Gasteiger partial charge in [-0.3, -0.25) is 0 Å². The molecule has 0 N–H and O–H groups in total. The van der Waals surface area contributed by atoms with E-state index < -0.39 is 0 Å². The second kappa shape index (κ2) is 1.36. The van der Waals surface area contributed by atoms with Crippen molar-refractivity contribution in [3.63, 3.8) is 0 Å². The van der Waals surface area contributed by atoms with Gasteiger partial charge in [0.25, 0.3) is 0 Å². The first-order chi connectivity index (χ1) is 5.28. The van der Waals surface area contributed by atoms with E-state index in [-0.39, 0.29) is 23.9 Å². The Morgan fingerprint density at radius 3 is 2.82 bits per heavy atom. The number of hydrogen-bond donors (Lipinski definition) is 0. The second-order valence-electron chi connectivity index (χ2n) is 3.27. The summed E-state index contributed by atoms with van der Waals surface area (Å²) in [7, 11) is 0. The van der Waals surface area contributed by atoms with Crippen molar-refractivity contribution < 1.29 is 9.47 Å². The van der Waals surface area contributed by atoms with E-state index in [1.54, 1.807) is 0 Å². The molecule has 0 aromatic rings. The number of fused-ring (bicyclic) bond motifs is 2. The smallest absolute Gasteiger partial charge is 0.195 e. The van der Waals surface area contributed by atoms with Crippen molar-refractivity contribution in [3.8, 4) is 0 Å². The summed E-state index contributed by atoms with van der Waals surface area (Å²) in [5.41, 5.74) is 0.546. The molecule has 56 valence electrons. The highest BCUT2D eigenvalue weighted by molar-refractivity contribution is 5.43. The van der Waals surface area contributed by atoms with E-state index in [0.29, 0.717) is 0 Å². The van der Waals surface area contributed by atoms with Gasteiger partial charge in [-0.05, 0) is 13.0 Å². The minimum Gasteiger partial charge on any atom is -0.373 e. The van der Waals surface area contributed by atoms with Crippen molar-refractivity contribution in [2.45, 2.75) is 30.8 Å². The van der Waals surface area contributed by atoms with Gasteiger partial charge in [0, 0.05) is 0 Å². The Balaban J connectivity index is 2.03. The summed E-state index contributed by atoms with van der Waals surface area (Å²) in [5.74, 6) is 0. The third kappa shape index (κ3) is 0.482. The van der Waals surface area contributed by atoms with Gasteiger partial charge in [0.2, 0.25) is 0 Å². The Kier molecular flexibility index (Phi) is 0.711. The van der Waals surface area contributed by atoms with Crippen LogP contribution in [0.4, 0.5) is 0 Å². The summed E-state index contributed by atoms with van der Waals surface area (Å²) >= 11 is 0. The molecule has 3 heteroatoms. The molecule has 2 heterocycles. The molecule has 0 amide bonds. The van der Waals surface area contributed by atoms with Crippen LogP contribution in [-0.2, 0) is 9.47 Å². The zero-order valence-electron chi connectivity index (χ0n) is 6.07. The van der Waals surface area contributed by atoms with Gasteiger partial charge >= 0.3 is 0 Å². The number of hydrogen-bond acceptors (Lipinski definition) is 2. The molecule has 11 heavy (non-hydrogen) atoms. The van der Waals surface area contributed by atoms with Gasteiger partial charge in [-0.25, -0.2) is 4.85 Å². The lowest BCUT2D eigenvalue weighted by molar-refractivity contribution is 0.263. The first-order valence-electron chi connectivity index (χ1n) is 3.71. The summed E-state index contributed by atoms with van der Waals surface area (Å²) in [4.78, 5) is 3.39. The maximum atomic E-state index is 6.85. The molecule has 3 aliphatic rings. The average molecular weight is 149 g/mol. The van der Waals surface area contributed by atoms with E-state index in [0.717, 1.165) is 5.70 Å². The Morgan fingerprint density at radius 1 is 1.73 bits per heavy atom. The molecule has 0 saturated carbocycles. The van der Waals surface area contributed by atoms with Crippen LogP contribution in [0.3, 0.4) is 0 Å². The summed E-state index contributed by atoms with van der Waals surface area (Å²) in [6, 6.07) is 0. The predicted octanol–water partition coefficient (Wildman–Crippen LogP) is 0.728. The largest absolute Gasteiger partial charge is 0.373 e. The van der Waals surface area contributed by atoms with Crippen LogP contribution in [0, 0.1) is 6.57 Å². The molecular weight excluding hydrogens is 142 g/mol. The van der Waals surface area contributed by atoms with Crippen molar-refractivity contribution in [1.82, 2.24) is 0 Å². The van der Waals surface area contributed by atoms with E-state index in [4.69, 9.17) is 16.0 Å². The second-order valence-corrected chi connectivity index (χ2v) is 3.27. The molecule has 1 aliphatic carbocycles. The van der Waals surface area contributed by atoms with E-state index in [9.17, 15) is 0 Å². The number of rotatable bonds is 0. The lowest BCUT2D eigenvalue weighted by Gasteiger charge is -1.96. The quantitative estimate of drug-likeness (QED) is 0.375. The van der Waals surface area contributed by atoms with Crippen molar-refractivity contribution in [2.75, 3.05) is 0 Å². The van der Waals surface area contributed by atoms with Crippen LogP contribution in [-0.4, -0.2) is 23.9 Å². The normalized spacial score (nSPS) is 56.7. The Labute approximate surface area is 64.4 Å². The predicted molar refractivity (Wildman–Crippen MR) is 36.6 cm³/mol. The fraction of sp³-hybridized carbons (Fsp3) is 0.625. The van der Waals surface area contributed by atoms with E-state index >= 15 is 0 Å². The minimum absolute atomic E-state index is 0.0671. The standard InChI is InChI=1S/C8H7NO2/c1-4-8(11-4)3-5(9-2)6-7(8)10-6/h3-4,6-7H,1H3. The van der Waals surface area contributed by atoms with E-state index in [1.165, 1.54) is 0 Å². The van der Waals surface area contributed by atoms with Crippen LogP contribution in [0.5, 0.6) is 0 Å². The van der Waals surface area contributed by atoms with Gasteiger partial charge in [0.05, 0.1) is 12.7 Å². The van der Waals surface area contributed by atoms with Crippen molar-refractivity contribution in [3.05, 3.63) is 23.2 Å². The van der Waals surface area contributed by atoms with Gasteiger partial charge in [0.1, 0.15) is 17.8 Å². The van der Waals surface area contributed by atoms with Crippen LogP contribution in [0.2, 0.25) is 0 Å². The Morgan fingerprint density at radius 2 is 2.45 bits per heavy atom. The summed E-state index contributed by atoms with van der Waals surface area (Å²) in [6.45, 7) is 8.86. The number of epoxide rings is 2. The third-order valence-electron chi connectivity index (χ3n) is 2.69. The highest BCUT2D eigenvalue weighted by atomic mass is 16.7. The summed E-state index contributed by atoms with van der Waals surface area (Å²) < 4.78 is 10.7. The van der Waals surface area contributed by atoms with Gasteiger partial charge in [0.15, 0.2) is 5.70 Å². The minimum atomic E-state index is -0.190. The van der Waals surface area contributed by atoms with Crippen LogP contribution >= 0.6 is 0 Å². The molecule has 4 atom stereocenters. The molecule has 0 aromatic carbocycles. The summed E-state index contributed by atoms with van der Waals surface area (Å²) in [6.07, 6.45) is 2.42. The zero-order chi connectivity index (χ0) is 7.64. The molecule has 2 saturated heterocycles. The van der Waals surface area contributed by atoms with Gasteiger partial charge < -0.3 is 9.47 Å². The van der Waals surface area contributed by atoms with Crippen LogP contribution in [0.15, 0.2) is 11.8 Å². The van der Waals surface area contributed by atoms with Crippen molar-refractivity contribution in [1.29, 1.82) is 0 Å². The molecule has 1 spiro atoms. The van der Waals surface area contributed by atoms with Crippen LogP contribution in [0.1, 0.15) is 6.92 Å². The molecule has 0 bridgehead atoms. The Hall–Kier alpha value is -0.850. The molecule has 2 aliphatic heterocycles. The molecule has 0 radical (unpaired) electrons. The van der Waals surface area contributed by atoms with Crippen LogP contribution < -0.4 is 0 Å². The average Bonchev–Trinajstić information content (AvgIpc) is 2.82. The molecule has 4 unspecified atom stereocenters. The fourth-order valence-electron chi connectivity index (χ4n) is 1.89. The first kappa shape index (κ1) is 5.76. The molecule has 2 fully saturated rings. The van der Waals surface area contributed by atoms with Gasteiger partial charge in [-0.2, -0.15) is 0 Å². The Bertz CT molecular complexity index is 304. The SMILES string of the molecule is [C-]#[N+]C1=CC2(OC2C)C2OC12. The molecule has 3 nitrogen and oxygen atoms in total. The maximum absolute atomic E-state index is 6.85. The fourth-order valence-corrected chi connectivity index (χ4v) is 1.89. The third-order valence-corrected chi connectivity index (χ3v) is 2.69. The van der Waals surface area contributed by atoms with Crippen LogP contribution in [0.25, 0.3) is 4.85 Å². The lowest BCUT2D eigenvalue weighted by Crippen LogP contribution is -2.16. The van der Waals surface area contributed by atoms with Crippen molar-refractivity contribution >= 4 is 0 Å². The molecule has 0 aromatic heterocycles. The highest BCUT2D eigenvalue weighted by Gasteiger charge is 2.72. The summed E-state index contributed by atoms with van der Waals surface area (Å²) in [5, 5.41) is 0. The monoisotopic (exact) mass is 149 g/mol. The van der Waals surface area contributed by atoms with Gasteiger partial charge in [-0.15, -0.1) is 0 Å². The maximum Gasteiger partial charge on any atom is 0.195 e. The topological polar surface area (TPSA) is 29.4 Å². The zero-order valence-corrected chi connectivity index (χ0v) is 6.07. The number of nitrogens with zero attached hydrogens (tertiary/aromatic N) is 1. The lowest BCUT2D eigenvalue weighted by atomic mass is 10.1.